The van der Waals surface area contributed by atoms with Gasteiger partial charge in [-0.2, -0.15) is 0 Å². The number of anilines is 1. The number of hydrogen-bond donors (Lipinski definition) is 1. The van der Waals surface area contributed by atoms with Crippen molar-refractivity contribution in [1.82, 2.24) is 0 Å². The molecule has 1 aromatic heterocycles. The first-order valence-electron chi connectivity index (χ1n) is 3.53. The molecule has 0 fully saturated rings. The van der Waals surface area contributed by atoms with E-state index in [1.165, 1.54) is 11.3 Å². The highest BCUT2D eigenvalue weighted by molar-refractivity contribution is 7.16. The molecule has 0 amide bonds. The second kappa shape index (κ2) is 3.15. The molecule has 0 aromatic carbocycles. The number of carbonyl (C=O) groups is 1. The van der Waals surface area contributed by atoms with Gasteiger partial charge in [-0.3, -0.25) is 0 Å². The fraction of sp³-hybridized carbons (Fsp3) is 0.375. The van der Waals surface area contributed by atoms with Crippen LogP contribution < -0.4 is 4.90 Å². The standard InChI is InChI=1S/C8H11NO2S/c1-5-4-6(8(10)11)7(12-5)9(2)3/h4H,1-3H3,(H,10,11). The molecule has 0 atom stereocenters. The van der Waals surface area contributed by atoms with E-state index in [0.717, 1.165) is 9.88 Å². The third-order valence-corrected chi connectivity index (χ3v) is 2.69. The van der Waals surface area contributed by atoms with Gasteiger partial charge in [-0.1, -0.05) is 0 Å². The number of hydrogen-bond acceptors (Lipinski definition) is 3. The third kappa shape index (κ3) is 1.58. The van der Waals surface area contributed by atoms with Gasteiger partial charge >= 0.3 is 5.97 Å². The predicted octanol–water partition coefficient (Wildman–Crippen LogP) is 1.82. The van der Waals surface area contributed by atoms with E-state index < -0.39 is 5.97 Å². The molecule has 1 rings (SSSR count). The summed E-state index contributed by atoms with van der Waals surface area (Å²) in [6.07, 6.45) is 0. The van der Waals surface area contributed by atoms with Crippen molar-refractivity contribution in [3.8, 4) is 0 Å². The Morgan fingerprint density at radius 3 is 2.50 bits per heavy atom. The van der Waals surface area contributed by atoms with Crippen LogP contribution in [0.15, 0.2) is 6.07 Å². The molecule has 4 heteroatoms. The molecule has 66 valence electrons. The summed E-state index contributed by atoms with van der Waals surface area (Å²) < 4.78 is 0. The maximum Gasteiger partial charge on any atom is 0.338 e. The monoisotopic (exact) mass is 185 g/mol. The van der Waals surface area contributed by atoms with Gasteiger partial charge in [-0.25, -0.2) is 4.79 Å². The minimum absolute atomic E-state index is 0.391. The van der Waals surface area contributed by atoms with Gasteiger partial charge in [0, 0.05) is 19.0 Å². The van der Waals surface area contributed by atoms with Crippen molar-refractivity contribution in [3.63, 3.8) is 0 Å². The smallest absolute Gasteiger partial charge is 0.338 e. The van der Waals surface area contributed by atoms with Crippen LogP contribution in [0.25, 0.3) is 0 Å². The molecule has 0 bridgehead atoms. The van der Waals surface area contributed by atoms with Gasteiger partial charge in [0.15, 0.2) is 0 Å². The zero-order valence-corrected chi connectivity index (χ0v) is 8.10. The Balaban J connectivity index is 3.17. The van der Waals surface area contributed by atoms with Crippen LogP contribution in [0.1, 0.15) is 15.2 Å². The van der Waals surface area contributed by atoms with Crippen molar-refractivity contribution >= 4 is 22.3 Å². The van der Waals surface area contributed by atoms with Crippen LogP contribution >= 0.6 is 11.3 Å². The molecule has 3 nitrogen and oxygen atoms in total. The lowest BCUT2D eigenvalue weighted by molar-refractivity contribution is 0.0698. The van der Waals surface area contributed by atoms with Gasteiger partial charge in [0.2, 0.25) is 0 Å². The molecule has 0 unspecified atom stereocenters. The lowest BCUT2D eigenvalue weighted by atomic mass is 10.3. The van der Waals surface area contributed by atoms with E-state index in [9.17, 15) is 4.79 Å². The molecule has 0 aliphatic heterocycles. The van der Waals surface area contributed by atoms with Gasteiger partial charge in [0.05, 0.1) is 5.56 Å². The van der Waals surface area contributed by atoms with Crippen LogP contribution in [0, 0.1) is 6.92 Å². The topological polar surface area (TPSA) is 40.5 Å². The Bertz CT molecular complexity index is 304. The summed E-state index contributed by atoms with van der Waals surface area (Å²) in [5, 5.41) is 9.61. The van der Waals surface area contributed by atoms with Crippen molar-refractivity contribution < 1.29 is 9.90 Å². The fourth-order valence-corrected chi connectivity index (χ4v) is 1.91. The molecule has 1 heterocycles. The maximum absolute atomic E-state index is 10.7. The van der Waals surface area contributed by atoms with Crippen molar-refractivity contribution in [2.24, 2.45) is 0 Å². The van der Waals surface area contributed by atoms with E-state index in [4.69, 9.17) is 5.11 Å². The van der Waals surface area contributed by atoms with Crippen molar-refractivity contribution in [2.75, 3.05) is 19.0 Å². The van der Waals surface area contributed by atoms with E-state index in [-0.39, 0.29) is 0 Å². The Morgan fingerprint density at radius 2 is 2.17 bits per heavy atom. The van der Waals surface area contributed by atoms with Gasteiger partial charge in [0.25, 0.3) is 0 Å². The maximum atomic E-state index is 10.7. The number of thiophene rings is 1. The number of aromatic carboxylic acids is 1. The van der Waals surface area contributed by atoms with Crippen LogP contribution in [-0.4, -0.2) is 25.2 Å². The van der Waals surface area contributed by atoms with Crippen LogP contribution in [0.5, 0.6) is 0 Å². The zero-order valence-electron chi connectivity index (χ0n) is 7.29. The Hall–Kier alpha value is -1.03. The summed E-state index contributed by atoms with van der Waals surface area (Å²) in [5.41, 5.74) is 0.391. The number of carboxylic acids is 1. The van der Waals surface area contributed by atoms with E-state index in [1.54, 1.807) is 6.07 Å². The van der Waals surface area contributed by atoms with Crippen LogP contribution in [-0.2, 0) is 0 Å². The molecule has 0 aliphatic rings. The molecular formula is C8H11NO2S. The predicted molar refractivity (Wildman–Crippen MR) is 50.3 cm³/mol. The van der Waals surface area contributed by atoms with Crippen LogP contribution in [0.2, 0.25) is 0 Å². The number of aryl methyl sites for hydroxylation is 1. The normalized spacial score (nSPS) is 9.92. The summed E-state index contributed by atoms with van der Waals surface area (Å²) in [6, 6.07) is 1.70. The first kappa shape index (κ1) is 9.06. The summed E-state index contributed by atoms with van der Waals surface area (Å²) in [6.45, 7) is 1.91. The Morgan fingerprint density at radius 1 is 1.58 bits per heavy atom. The SMILES string of the molecule is Cc1cc(C(=O)O)c(N(C)C)s1. The van der Waals surface area contributed by atoms with Crippen LogP contribution in [0.3, 0.4) is 0 Å². The van der Waals surface area contributed by atoms with Crippen LogP contribution in [0.4, 0.5) is 5.00 Å². The molecule has 1 aromatic rings. The summed E-state index contributed by atoms with van der Waals surface area (Å²) >= 11 is 1.50. The van der Waals surface area contributed by atoms with E-state index in [0.29, 0.717) is 5.56 Å². The molecule has 0 spiro atoms. The second-order valence-electron chi connectivity index (χ2n) is 2.78. The highest BCUT2D eigenvalue weighted by atomic mass is 32.1. The van der Waals surface area contributed by atoms with E-state index in [2.05, 4.69) is 0 Å². The minimum atomic E-state index is -0.858. The molecule has 0 saturated heterocycles. The number of rotatable bonds is 2. The number of nitrogens with zero attached hydrogens (tertiary/aromatic N) is 1. The van der Waals surface area contributed by atoms with Crippen molar-refractivity contribution in [2.45, 2.75) is 6.92 Å². The highest BCUT2D eigenvalue weighted by Crippen LogP contribution is 2.29. The first-order valence-corrected chi connectivity index (χ1v) is 4.35. The average Bonchev–Trinajstić information content (AvgIpc) is 2.31. The quantitative estimate of drug-likeness (QED) is 0.764. The van der Waals surface area contributed by atoms with Crippen molar-refractivity contribution in [3.05, 3.63) is 16.5 Å². The molecule has 0 saturated carbocycles. The average molecular weight is 185 g/mol. The Kier molecular flexibility index (Phi) is 2.38. The van der Waals surface area contributed by atoms with Gasteiger partial charge in [0.1, 0.15) is 5.00 Å². The molecule has 0 radical (unpaired) electrons. The molecule has 0 aliphatic carbocycles. The largest absolute Gasteiger partial charge is 0.478 e. The Labute approximate surface area is 75.2 Å². The fourth-order valence-electron chi connectivity index (χ4n) is 0.987. The molecule has 12 heavy (non-hydrogen) atoms. The summed E-state index contributed by atoms with van der Waals surface area (Å²) in [4.78, 5) is 13.6. The lowest BCUT2D eigenvalue weighted by Crippen LogP contribution is -2.10. The first-order chi connectivity index (χ1) is 5.52. The van der Waals surface area contributed by atoms with Gasteiger partial charge in [-0.05, 0) is 13.0 Å². The summed E-state index contributed by atoms with van der Waals surface area (Å²) in [7, 11) is 3.69. The number of carboxylic acid groups (broad SMARTS) is 1. The van der Waals surface area contributed by atoms with E-state index >= 15 is 0 Å². The zero-order chi connectivity index (χ0) is 9.30. The lowest BCUT2D eigenvalue weighted by Gasteiger charge is -2.09. The molecule has 1 N–H and O–H groups in total. The molecular weight excluding hydrogens is 174 g/mol. The van der Waals surface area contributed by atoms with E-state index in [1.807, 2.05) is 25.9 Å². The van der Waals surface area contributed by atoms with Gasteiger partial charge in [-0.15, -0.1) is 11.3 Å². The van der Waals surface area contributed by atoms with Crippen molar-refractivity contribution in [1.29, 1.82) is 0 Å². The van der Waals surface area contributed by atoms with Gasteiger partial charge < -0.3 is 10.0 Å². The highest BCUT2D eigenvalue weighted by Gasteiger charge is 2.14. The summed E-state index contributed by atoms with van der Waals surface area (Å²) in [5.74, 6) is -0.858. The second-order valence-corrected chi connectivity index (χ2v) is 4.01. The third-order valence-electron chi connectivity index (χ3n) is 1.47. The minimum Gasteiger partial charge on any atom is -0.478 e.